The molecule has 0 spiro atoms. The number of nitrogens with zero attached hydrogens (tertiary/aromatic N) is 1. The molecule has 3 N–H and O–H groups in total. The lowest BCUT2D eigenvalue weighted by Gasteiger charge is -2.12. The number of aromatic nitrogens is 1. The number of para-hydroxylation sites is 1. The molecule has 0 saturated carbocycles. The smallest absolute Gasteiger partial charge is 0.267 e. The van der Waals surface area contributed by atoms with E-state index < -0.39 is 0 Å². The fraction of sp³-hybridized carbons (Fsp3) is 0.133. The Kier molecular flexibility index (Phi) is 6.10. The highest BCUT2D eigenvalue weighted by atomic mass is 32.1. The lowest BCUT2D eigenvalue weighted by molar-refractivity contribution is 0.103. The second kappa shape index (κ2) is 9.35. The average Bonchev–Trinajstić information content (AvgIpc) is 3.22. The number of benzene rings is 3. The van der Waals surface area contributed by atoms with E-state index in [1.54, 1.807) is 0 Å². The molecule has 0 bridgehead atoms. The number of hydrogen-bond acceptors (Lipinski definition) is 4. The van der Waals surface area contributed by atoms with E-state index in [0.29, 0.717) is 10.6 Å². The first-order chi connectivity index (χ1) is 17.0. The van der Waals surface area contributed by atoms with E-state index in [0.717, 1.165) is 55.8 Å². The summed E-state index contributed by atoms with van der Waals surface area (Å²) >= 11 is 1.34. The molecular formula is C30H27N3OS. The lowest BCUT2D eigenvalue weighted by atomic mass is 9.99. The predicted molar refractivity (Wildman–Crippen MR) is 148 cm³/mol. The highest BCUT2D eigenvalue weighted by Gasteiger charge is 2.22. The van der Waals surface area contributed by atoms with Gasteiger partial charge in [-0.25, -0.2) is 4.98 Å². The number of fused-ring (bicyclic) bond motifs is 1. The van der Waals surface area contributed by atoms with Gasteiger partial charge in [-0.3, -0.25) is 4.79 Å². The second-order valence-corrected chi connectivity index (χ2v) is 9.73. The quantitative estimate of drug-likeness (QED) is 0.273. The Morgan fingerprint density at radius 3 is 2.40 bits per heavy atom. The molecule has 2 heterocycles. The second-order valence-electron chi connectivity index (χ2n) is 8.73. The Bertz CT molecular complexity index is 1540. The summed E-state index contributed by atoms with van der Waals surface area (Å²) < 4.78 is 0. The highest BCUT2D eigenvalue weighted by Crippen LogP contribution is 2.41. The van der Waals surface area contributed by atoms with Crippen molar-refractivity contribution in [3.05, 3.63) is 100 Å². The lowest BCUT2D eigenvalue weighted by Crippen LogP contribution is -2.14. The molecule has 0 aliphatic heterocycles. The molecule has 5 heteroatoms. The summed E-state index contributed by atoms with van der Waals surface area (Å²) in [5.74, 6) is -0.203. The summed E-state index contributed by atoms with van der Waals surface area (Å²) in [6.07, 6.45) is 0.832. The average molecular weight is 478 g/mol. The minimum absolute atomic E-state index is 0.203. The van der Waals surface area contributed by atoms with Gasteiger partial charge in [0.1, 0.15) is 9.71 Å². The number of nitrogens with two attached hydrogens (primary N) is 1. The summed E-state index contributed by atoms with van der Waals surface area (Å²) in [5, 5.41) is 3.95. The van der Waals surface area contributed by atoms with Gasteiger partial charge in [-0.1, -0.05) is 85.3 Å². The molecule has 2 aromatic heterocycles. The number of thiophene rings is 1. The number of carbonyl (C=O) groups is 1. The van der Waals surface area contributed by atoms with Crippen LogP contribution in [-0.2, 0) is 6.42 Å². The summed E-state index contributed by atoms with van der Waals surface area (Å²) in [7, 11) is 0. The molecule has 1 amide bonds. The third kappa shape index (κ3) is 4.31. The Balaban J connectivity index is 1.67. The van der Waals surface area contributed by atoms with Crippen LogP contribution in [0.3, 0.4) is 0 Å². The molecule has 0 aliphatic carbocycles. The zero-order valence-corrected chi connectivity index (χ0v) is 20.9. The maximum Gasteiger partial charge on any atom is 0.267 e. The van der Waals surface area contributed by atoms with E-state index >= 15 is 0 Å². The van der Waals surface area contributed by atoms with E-state index in [9.17, 15) is 4.79 Å². The number of amides is 1. The Hall–Kier alpha value is -3.96. The van der Waals surface area contributed by atoms with Gasteiger partial charge >= 0.3 is 0 Å². The SMILES string of the molecule is CCc1cccc(C)c1NC(=O)c1sc2nc(-c3ccc(C)cc3)cc(-c3ccccc3)c2c1N. The standard InChI is InChI=1S/C30H27N3OS/c1-4-20-12-8-9-19(3)27(20)33-29(34)28-26(31)25-23(21-10-6-5-7-11-21)17-24(32-30(25)35-28)22-15-13-18(2)14-16-22/h5-17H,4,31H2,1-3H3,(H,33,34). The Morgan fingerprint density at radius 1 is 0.943 bits per heavy atom. The van der Waals surface area contributed by atoms with Gasteiger partial charge in [-0.15, -0.1) is 11.3 Å². The molecule has 0 radical (unpaired) electrons. The normalized spacial score (nSPS) is 11.1. The van der Waals surface area contributed by atoms with Crippen LogP contribution < -0.4 is 11.1 Å². The van der Waals surface area contributed by atoms with Crippen LogP contribution in [0.2, 0.25) is 0 Å². The molecule has 0 fully saturated rings. The van der Waals surface area contributed by atoms with Crippen LogP contribution in [-0.4, -0.2) is 10.9 Å². The van der Waals surface area contributed by atoms with Crippen molar-refractivity contribution in [2.24, 2.45) is 0 Å². The van der Waals surface area contributed by atoms with Crippen molar-refractivity contribution in [1.82, 2.24) is 4.98 Å². The van der Waals surface area contributed by atoms with Crippen molar-refractivity contribution in [3.63, 3.8) is 0 Å². The molecule has 5 rings (SSSR count). The largest absolute Gasteiger partial charge is 0.397 e. The molecule has 0 atom stereocenters. The predicted octanol–water partition coefficient (Wildman–Crippen LogP) is 7.64. The van der Waals surface area contributed by atoms with E-state index in [1.807, 2.05) is 43.3 Å². The fourth-order valence-corrected chi connectivity index (χ4v) is 5.39. The van der Waals surface area contributed by atoms with Gasteiger partial charge in [0, 0.05) is 16.6 Å². The van der Waals surface area contributed by atoms with Crippen LogP contribution in [0.15, 0.2) is 78.9 Å². The zero-order chi connectivity index (χ0) is 24.5. The molecule has 35 heavy (non-hydrogen) atoms. The van der Waals surface area contributed by atoms with Gasteiger partial charge in [0.25, 0.3) is 5.91 Å². The number of carbonyl (C=O) groups excluding carboxylic acids is 1. The number of anilines is 2. The van der Waals surface area contributed by atoms with Crippen molar-refractivity contribution in [3.8, 4) is 22.4 Å². The van der Waals surface area contributed by atoms with Gasteiger partial charge in [-0.05, 0) is 48.6 Å². The first kappa shape index (κ1) is 22.8. The summed E-state index contributed by atoms with van der Waals surface area (Å²) in [4.78, 5) is 19.6. The number of rotatable bonds is 5. The zero-order valence-electron chi connectivity index (χ0n) is 20.1. The van der Waals surface area contributed by atoms with Gasteiger partial charge in [-0.2, -0.15) is 0 Å². The molecule has 5 aromatic rings. The highest BCUT2D eigenvalue weighted by molar-refractivity contribution is 7.21. The number of hydrogen-bond donors (Lipinski definition) is 2. The van der Waals surface area contributed by atoms with Crippen molar-refractivity contribution in [1.29, 1.82) is 0 Å². The maximum absolute atomic E-state index is 13.5. The number of pyridine rings is 1. The van der Waals surface area contributed by atoms with E-state index in [1.165, 1.54) is 16.9 Å². The van der Waals surface area contributed by atoms with Crippen molar-refractivity contribution < 1.29 is 4.79 Å². The number of nitrogen functional groups attached to an aromatic ring is 1. The molecule has 4 nitrogen and oxygen atoms in total. The minimum atomic E-state index is -0.203. The number of aryl methyl sites for hydroxylation is 3. The summed E-state index contributed by atoms with van der Waals surface area (Å²) in [6, 6.07) is 26.6. The first-order valence-corrected chi connectivity index (χ1v) is 12.5. The van der Waals surface area contributed by atoms with Crippen molar-refractivity contribution in [2.45, 2.75) is 27.2 Å². The van der Waals surface area contributed by atoms with Crippen LogP contribution in [0.4, 0.5) is 11.4 Å². The van der Waals surface area contributed by atoms with Gasteiger partial charge < -0.3 is 11.1 Å². The van der Waals surface area contributed by atoms with Gasteiger partial charge in [0.15, 0.2) is 0 Å². The molecule has 0 saturated heterocycles. The first-order valence-electron chi connectivity index (χ1n) is 11.7. The summed E-state index contributed by atoms with van der Waals surface area (Å²) in [6.45, 7) is 6.16. The number of nitrogens with one attached hydrogen (secondary N) is 1. The van der Waals surface area contributed by atoms with E-state index in [4.69, 9.17) is 10.7 Å². The Morgan fingerprint density at radius 2 is 1.69 bits per heavy atom. The summed E-state index contributed by atoms with van der Waals surface area (Å²) in [5.41, 5.74) is 15.2. The van der Waals surface area contributed by atoms with Crippen LogP contribution >= 0.6 is 11.3 Å². The molecule has 0 unspecified atom stereocenters. The molecule has 3 aromatic carbocycles. The molecular weight excluding hydrogens is 450 g/mol. The third-order valence-electron chi connectivity index (χ3n) is 6.32. The molecule has 174 valence electrons. The van der Waals surface area contributed by atoms with Crippen LogP contribution in [0.5, 0.6) is 0 Å². The fourth-order valence-electron chi connectivity index (χ4n) is 4.38. The van der Waals surface area contributed by atoms with Crippen molar-refractivity contribution in [2.75, 3.05) is 11.1 Å². The van der Waals surface area contributed by atoms with Gasteiger partial charge in [0.05, 0.1) is 11.4 Å². The molecule has 0 aliphatic rings. The topological polar surface area (TPSA) is 68.0 Å². The van der Waals surface area contributed by atoms with Crippen LogP contribution in [0.1, 0.15) is 33.3 Å². The van der Waals surface area contributed by atoms with Crippen LogP contribution in [0.25, 0.3) is 32.6 Å². The van der Waals surface area contributed by atoms with E-state index in [2.05, 4.69) is 61.6 Å². The maximum atomic E-state index is 13.5. The van der Waals surface area contributed by atoms with E-state index in [-0.39, 0.29) is 5.91 Å². The third-order valence-corrected chi connectivity index (χ3v) is 7.41. The monoisotopic (exact) mass is 477 g/mol. The minimum Gasteiger partial charge on any atom is -0.397 e. The Labute approximate surface area is 209 Å². The van der Waals surface area contributed by atoms with Crippen LogP contribution in [0, 0.1) is 13.8 Å². The van der Waals surface area contributed by atoms with Gasteiger partial charge in [0.2, 0.25) is 0 Å². The van der Waals surface area contributed by atoms with Crippen molar-refractivity contribution >= 4 is 38.8 Å².